The molecule has 4 nitrogen and oxygen atoms in total. The number of para-hydroxylation sites is 2. The lowest BCUT2D eigenvalue weighted by molar-refractivity contribution is -0.117. The monoisotopic (exact) mass is 262 g/mol. The van der Waals surface area contributed by atoms with Gasteiger partial charge in [0.1, 0.15) is 5.75 Å². The van der Waals surface area contributed by atoms with Gasteiger partial charge in [-0.15, -0.1) is 0 Å². The highest BCUT2D eigenvalue weighted by molar-refractivity contribution is 5.92. The first-order chi connectivity index (χ1) is 9.29. The zero-order valence-electron chi connectivity index (χ0n) is 11.4. The highest BCUT2D eigenvalue weighted by Crippen LogP contribution is 2.24. The third-order valence-electron chi connectivity index (χ3n) is 3.33. The Balaban J connectivity index is 1.90. The van der Waals surface area contributed by atoms with Crippen molar-refractivity contribution in [1.82, 2.24) is 5.32 Å². The number of carbonyl (C=O) groups is 1. The van der Waals surface area contributed by atoms with Crippen LogP contribution >= 0.6 is 0 Å². The number of carbonyl (C=O) groups excluding carboxylic acids is 1. The van der Waals surface area contributed by atoms with Gasteiger partial charge in [-0.1, -0.05) is 12.1 Å². The smallest absolute Gasteiger partial charge is 0.224 e. The summed E-state index contributed by atoms with van der Waals surface area (Å²) in [5.74, 6) is 1.26. The van der Waals surface area contributed by atoms with Crippen molar-refractivity contribution in [2.24, 2.45) is 5.92 Å². The number of rotatable bonds is 5. The summed E-state index contributed by atoms with van der Waals surface area (Å²) < 4.78 is 5.50. The minimum Gasteiger partial charge on any atom is -0.492 e. The summed E-state index contributed by atoms with van der Waals surface area (Å²) in [6.07, 6.45) is 2.87. The number of nitrogens with one attached hydrogen (secondary N) is 2. The van der Waals surface area contributed by atoms with E-state index < -0.39 is 0 Å². The largest absolute Gasteiger partial charge is 0.492 e. The molecule has 1 fully saturated rings. The lowest BCUT2D eigenvalue weighted by Gasteiger charge is -2.22. The molecule has 0 bridgehead atoms. The zero-order valence-corrected chi connectivity index (χ0v) is 11.4. The molecule has 104 valence electrons. The third kappa shape index (κ3) is 4.24. The zero-order chi connectivity index (χ0) is 13.5. The van der Waals surface area contributed by atoms with Crippen molar-refractivity contribution in [3.05, 3.63) is 24.3 Å². The Bertz CT molecular complexity index is 414. The predicted octanol–water partition coefficient (Wildman–Crippen LogP) is 2.41. The molecule has 19 heavy (non-hydrogen) atoms. The minimum atomic E-state index is 0.0702. The normalized spacial score (nSPS) is 18.9. The molecular formula is C15H22N2O2. The van der Waals surface area contributed by atoms with E-state index >= 15 is 0 Å². The highest BCUT2D eigenvalue weighted by atomic mass is 16.5. The number of hydrogen-bond acceptors (Lipinski definition) is 3. The second kappa shape index (κ2) is 7.14. The van der Waals surface area contributed by atoms with Crippen LogP contribution in [0.2, 0.25) is 0 Å². The Morgan fingerprint density at radius 2 is 2.32 bits per heavy atom. The number of piperidine rings is 1. The van der Waals surface area contributed by atoms with Gasteiger partial charge in [0, 0.05) is 6.42 Å². The number of amides is 1. The van der Waals surface area contributed by atoms with Gasteiger partial charge in [0.15, 0.2) is 0 Å². The van der Waals surface area contributed by atoms with Gasteiger partial charge in [0.2, 0.25) is 5.91 Å². The second-order valence-corrected chi connectivity index (χ2v) is 4.89. The summed E-state index contributed by atoms with van der Waals surface area (Å²) in [5, 5.41) is 6.28. The molecule has 1 heterocycles. The Hall–Kier alpha value is -1.55. The van der Waals surface area contributed by atoms with Crippen molar-refractivity contribution in [3.63, 3.8) is 0 Å². The van der Waals surface area contributed by atoms with E-state index in [1.165, 1.54) is 0 Å². The van der Waals surface area contributed by atoms with Crippen molar-refractivity contribution in [2.75, 3.05) is 25.0 Å². The summed E-state index contributed by atoms with van der Waals surface area (Å²) in [7, 11) is 0. The van der Waals surface area contributed by atoms with Gasteiger partial charge in [-0.3, -0.25) is 4.79 Å². The number of ether oxygens (including phenoxy) is 1. The molecular weight excluding hydrogens is 240 g/mol. The fourth-order valence-corrected chi connectivity index (χ4v) is 2.41. The molecule has 1 aromatic rings. The standard InChI is InChI=1S/C15H22N2O2/c1-2-19-14-8-4-3-7-13(14)17-15(18)10-12-6-5-9-16-11-12/h3-4,7-8,12,16H,2,5-6,9-11H2,1H3,(H,17,18). The summed E-state index contributed by atoms with van der Waals surface area (Å²) in [6, 6.07) is 7.56. The molecule has 1 amide bonds. The van der Waals surface area contributed by atoms with Crippen LogP contribution in [0.5, 0.6) is 5.75 Å². The maximum atomic E-state index is 12.0. The minimum absolute atomic E-state index is 0.0702. The number of hydrogen-bond donors (Lipinski definition) is 2. The quantitative estimate of drug-likeness (QED) is 0.856. The molecule has 2 N–H and O–H groups in total. The number of anilines is 1. The Kier molecular flexibility index (Phi) is 5.21. The van der Waals surface area contributed by atoms with E-state index in [-0.39, 0.29) is 5.91 Å². The SMILES string of the molecule is CCOc1ccccc1NC(=O)CC1CCCNC1. The van der Waals surface area contributed by atoms with Gasteiger partial charge in [-0.05, 0) is 50.9 Å². The number of benzene rings is 1. The van der Waals surface area contributed by atoms with Crippen molar-refractivity contribution >= 4 is 11.6 Å². The molecule has 1 saturated heterocycles. The van der Waals surface area contributed by atoms with Crippen LogP contribution in [0.25, 0.3) is 0 Å². The Morgan fingerprint density at radius 1 is 1.47 bits per heavy atom. The molecule has 1 aromatic carbocycles. The van der Waals surface area contributed by atoms with Gasteiger partial charge >= 0.3 is 0 Å². The molecule has 1 aliphatic heterocycles. The first-order valence-electron chi connectivity index (χ1n) is 7.02. The van der Waals surface area contributed by atoms with Crippen LogP contribution in [-0.4, -0.2) is 25.6 Å². The molecule has 4 heteroatoms. The maximum absolute atomic E-state index is 12.0. The molecule has 0 aliphatic carbocycles. The lowest BCUT2D eigenvalue weighted by atomic mass is 9.96. The maximum Gasteiger partial charge on any atom is 0.224 e. The lowest BCUT2D eigenvalue weighted by Crippen LogP contribution is -2.32. The molecule has 0 aromatic heterocycles. The van der Waals surface area contributed by atoms with E-state index in [4.69, 9.17) is 4.74 Å². The van der Waals surface area contributed by atoms with Crippen LogP contribution in [-0.2, 0) is 4.79 Å². The Morgan fingerprint density at radius 3 is 3.05 bits per heavy atom. The van der Waals surface area contributed by atoms with Crippen molar-refractivity contribution in [3.8, 4) is 5.75 Å². The summed E-state index contributed by atoms with van der Waals surface area (Å²) >= 11 is 0. The average molecular weight is 262 g/mol. The van der Waals surface area contributed by atoms with Gasteiger partial charge in [-0.2, -0.15) is 0 Å². The van der Waals surface area contributed by atoms with Crippen LogP contribution in [0.15, 0.2) is 24.3 Å². The van der Waals surface area contributed by atoms with Gasteiger partial charge in [0.05, 0.1) is 12.3 Å². The average Bonchev–Trinajstić information content (AvgIpc) is 2.42. The van der Waals surface area contributed by atoms with E-state index in [0.29, 0.717) is 18.9 Å². The summed E-state index contributed by atoms with van der Waals surface area (Å²) in [6.45, 7) is 4.55. The van der Waals surface area contributed by atoms with Crippen LogP contribution in [0, 0.1) is 5.92 Å². The first-order valence-corrected chi connectivity index (χ1v) is 7.02. The van der Waals surface area contributed by atoms with E-state index in [9.17, 15) is 4.79 Å². The van der Waals surface area contributed by atoms with Gasteiger partial charge in [0.25, 0.3) is 0 Å². The van der Waals surface area contributed by atoms with Crippen LogP contribution in [0.4, 0.5) is 5.69 Å². The predicted molar refractivity (Wildman–Crippen MR) is 76.5 cm³/mol. The van der Waals surface area contributed by atoms with Crippen LogP contribution < -0.4 is 15.4 Å². The summed E-state index contributed by atoms with van der Waals surface area (Å²) in [5.41, 5.74) is 0.762. The molecule has 1 unspecified atom stereocenters. The van der Waals surface area contributed by atoms with Crippen molar-refractivity contribution in [2.45, 2.75) is 26.2 Å². The molecule has 1 atom stereocenters. The van der Waals surface area contributed by atoms with E-state index in [0.717, 1.165) is 37.4 Å². The van der Waals surface area contributed by atoms with Crippen molar-refractivity contribution < 1.29 is 9.53 Å². The third-order valence-corrected chi connectivity index (χ3v) is 3.33. The summed E-state index contributed by atoms with van der Waals surface area (Å²) in [4.78, 5) is 12.0. The topological polar surface area (TPSA) is 50.4 Å². The Labute approximate surface area is 114 Å². The van der Waals surface area contributed by atoms with E-state index in [2.05, 4.69) is 10.6 Å². The van der Waals surface area contributed by atoms with E-state index in [1.807, 2.05) is 31.2 Å². The first kappa shape index (κ1) is 13.9. The molecule has 0 spiro atoms. The van der Waals surface area contributed by atoms with E-state index in [1.54, 1.807) is 0 Å². The van der Waals surface area contributed by atoms with Crippen LogP contribution in [0.3, 0.4) is 0 Å². The van der Waals surface area contributed by atoms with Gasteiger partial charge in [-0.25, -0.2) is 0 Å². The van der Waals surface area contributed by atoms with Crippen LogP contribution in [0.1, 0.15) is 26.2 Å². The van der Waals surface area contributed by atoms with Gasteiger partial charge < -0.3 is 15.4 Å². The molecule has 1 aliphatic rings. The van der Waals surface area contributed by atoms with Crippen molar-refractivity contribution in [1.29, 1.82) is 0 Å². The second-order valence-electron chi connectivity index (χ2n) is 4.89. The fourth-order valence-electron chi connectivity index (χ4n) is 2.41. The molecule has 2 rings (SSSR count). The molecule has 0 saturated carbocycles. The highest BCUT2D eigenvalue weighted by Gasteiger charge is 2.17. The fraction of sp³-hybridized carbons (Fsp3) is 0.533. The molecule has 0 radical (unpaired) electrons.